The summed E-state index contributed by atoms with van der Waals surface area (Å²) < 4.78 is 6.24. The van der Waals surface area contributed by atoms with Gasteiger partial charge in [0.05, 0.1) is 12.8 Å². The molecule has 1 aliphatic rings. The average molecular weight is 327 g/mol. The first-order valence-electron chi connectivity index (χ1n) is 6.45. The SMILES string of the molecule is COc1ccc(Br)cc1N(C)C(=O)CC1CCCN1. The molecule has 1 aromatic carbocycles. The summed E-state index contributed by atoms with van der Waals surface area (Å²) in [4.78, 5) is 14.0. The minimum atomic E-state index is 0.107. The molecule has 1 saturated heterocycles. The van der Waals surface area contributed by atoms with Crippen LogP contribution in [0.25, 0.3) is 0 Å². The number of methoxy groups -OCH3 is 1. The molecule has 1 aliphatic heterocycles. The smallest absolute Gasteiger partial charge is 0.228 e. The Morgan fingerprint density at radius 1 is 1.58 bits per heavy atom. The monoisotopic (exact) mass is 326 g/mol. The van der Waals surface area contributed by atoms with Gasteiger partial charge in [-0.2, -0.15) is 0 Å². The molecule has 2 rings (SSSR count). The lowest BCUT2D eigenvalue weighted by molar-refractivity contribution is -0.118. The van der Waals surface area contributed by atoms with Gasteiger partial charge in [-0.05, 0) is 37.6 Å². The molecule has 19 heavy (non-hydrogen) atoms. The molecular formula is C14H19BrN2O2. The maximum Gasteiger partial charge on any atom is 0.228 e. The van der Waals surface area contributed by atoms with Crippen LogP contribution in [0.15, 0.2) is 22.7 Å². The third kappa shape index (κ3) is 3.48. The molecule has 5 heteroatoms. The van der Waals surface area contributed by atoms with Crippen molar-refractivity contribution in [2.45, 2.75) is 25.3 Å². The Bertz CT molecular complexity index is 459. The van der Waals surface area contributed by atoms with Gasteiger partial charge in [0.15, 0.2) is 0 Å². The zero-order valence-corrected chi connectivity index (χ0v) is 12.9. The zero-order chi connectivity index (χ0) is 13.8. The summed E-state index contributed by atoms with van der Waals surface area (Å²) >= 11 is 3.43. The first kappa shape index (κ1) is 14.3. The van der Waals surface area contributed by atoms with Crippen LogP contribution in [-0.2, 0) is 4.79 Å². The van der Waals surface area contributed by atoms with Crippen LogP contribution in [0, 0.1) is 0 Å². The number of amides is 1. The molecule has 1 N–H and O–H groups in total. The molecule has 0 radical (unpaired) electrons. The van der Waals surface area contributed by atoms with E-state index >= 15 is 0 Å². The Kier molecular flexibility index (Phi) is 4.82. The second-order valence-corrected chi connectivity index (χ2v) is 5.68. The topological polar surface area (TPSA) is 41.6 Å². The van der Waals surface area contributed by atoms with E-state index in [0.717, 1.165) is 29.5 Å². The number of carbonyl (C=O) groups excluding carboxylic acids is 1. The minimum Gasteiger partial charge on any atom is -0.495 e. The largest absolute Gasteiger partial charge is 0.495 e. The van der Waals surface area contributed by atoms with Crippen LogP contribution >= 0.6 is 15.9 Å². The molecule has 1 fully saturated rings. The third-order valence-corrected chi connectivity index (χ3v) is 3.95. The zero-order valence-electron chi connectivity index (χ0n) is 11.3. The quantitative estimate of drug-likeness (QED) is 0.924. The number of hydrogen-bond acceptors (Lipinski definition) is 3. The molecular weight excluding hydrogens is 308 g/mol. The summed E-state index contributed by atoms with van der Waals surface area (Å²) in [7, 11) is 3.41. The van der Waals surface area contributed by atoms with Crippen molar-refractivity contribution in [1.29, 1.82) is 0 Å². The lowest BCUT2D eigenvalue weighted by atomic mass is 10.1. The van der Waals surface area contributed by atoms with Gasteiger partial charge in [-0.1, -0.05) is 15.9 Å². The Labute approximate surface area is 122 Å². The maximum absolute atomic E-state index is 12.3. The predicted molar refractivity (Wildman–Crippen MR) is 79.7 cm³/mol. The lowest BCUT2D eigenvalue weighted by Crippen LogP contribution is -2.33. The minimum absolute atomic E-state index is 0.107. The number of benzene rings is 1. The normalized spacial score (nSPS) is 18.4. The van der Waals surface area contributed by atoms with Crippen molar-refractivity contribution in [3.05, 3.63) is 22.7 Å². The summed E-state index contributed by atoms with van der Waals surface area (Å²) in [6.45, 7) is 1.02. The number of hydrogen-bond donors (Lipinski definition) is 1. The van der Waals surface area contributed by atoms with Crippen LogP contribution < -0.4 is 15.0 Å². The van der Waals surface area contributed by atoms with Crippen LogP contribution in [0.1, 0.15) is 19.3 Å². The summed E-state index contributed by atoms with van der Waals surface area (Å²) in [5, 5.41) is 3.35. The van der Waals surface area contributed by atoms with Crippen molar-refractivity contribution in [1.82, 2.24) is 5.32 Å². The second-order valence-electron chi connectivity index (χ2n) is 4.77. The Morgan fingerprint density at radius 2 is 2.37 bits per heavy atom. The Hall–Kier alpha value is -1.07. The molecule has 104 valence electrons. The van der Waals surface area contributed by atoms with E-state index in [-0.39, 0.29) is 5.91 Å². The van der Waals surface area contributed by atoms with E-state index in [1.807, 2.05) is 18.2 Å². The van der Waals surface area contributed by atoms with E-state index in [4.69, 9.17) is 4.74 Å². The fourth-order valence-electron chi connectivity index (χ4n) is 2.34. The van der Waals surface area contributed by atoms with Gasteiger partial charge < -0.3 is 15.0 Å². The highest BCUT2D eigenvalue weighted by molar-refractivity contribution is 9.10. The van der Waals surface area contributed by atoms with Gasteiger partial charge >= 0.3 is 0 Å². The van der Waals surface area contributed by atoms with E-state index in [0.29, 0.717) is 18.2 Å². The van der Waals surface area contributed by atoms with Crippen molar-refractivity contribution >= 4 is 27.5 Å². The average Bonchev–Trinajstić information content (AvgIpc) is 2.90. The molecule has 0 bridgehead atoms. The van der Waals surface area contributed by atoms with Crippen LogP contribution in [-0.4, -0.2) is 32.7 Å². The highest BCUT2D eigenvalue weighted by Crippen LogP contribution is 2.31. The molecule has 1 heterocycles. The van der Waals surface area contributed by atoms with Crippen LogP contribution in [0.4, 0.5) is 5.69 Å². The maximum atomic E-state index is 12.3. The molecule has 0 aliphatic carbocycles. The van der Waals surface area contributed by atoms with E-state index in [2.05, 4.69) is 21.2 Å². The third-order valence-electron chi connectivity index (χ3n) is 3.46. The summed E-state index contributed by atoms with van der Waals surface area (Å²) in [5.74, 6) is 0.814. The summed E-state index contributed by atoms with van der Waals surface area (Å²) in [5.41, 5.74) is 0.792. The fourth-order valence-corrected chi connectivity index (χ4v) is 2.69. The highest BCUT2D eigenvalue weighted by Gasteiger charge is 2.22. The van der Waals surface area contributed by atoms with Gasteiger partial charge in [0.2, 0.25) is 5.91 Å². The van der Waals surface area contributed by atoms with Crippen molar-refractivity contribution in [2.24, 2.45) is 0 Å². The van der Waals surface area contributed by atoms with E-state index in [9.17, 15) is 4.79 Å². The fraction of sp³-hybridized carbons (Fsp3) is 0.500. The van der Waals surface area contributed by atoms with Crippen LogP contribution in [0.3, 0.4) is 0 Å². The second kappa shape index (κ2) is 6.39. The van der Waals surface area contributed by atoms with E-state index in [1.165, 1.54) is 0 Å². The van der Waals surface area contributed by atoms with Crippen molar-refractivity contribution in [3.8, 4) is 5.75 Å². The molecule has 0 aromatic heterocycles. The van der Waals surface area contributed by atoms with Gasteiger partial charge in [0.1, 0.15) is 5.75 Å². The Morgan fingerprint density at radius 3 is 3.00 bits per heavy atom. The van der Waals surface area contributed by atoms with Crippen molar-refractivity contribution < 1.29 is 9.53 Å². The number of halogens is 1. The highest BCUT2D eigenvalue weighted by atomic mass is 79.9. The first-order chi connectivity index (χ1) is 9.11. The van der Waals surface area contributed by atoms with E-state index < -0.39 is 0 Å². The Balaban J connectivity index is 2.11. The van der Waals surface area contributed by atoms with Crippen LogP contribution in [0.2, 0.25) is 0 Å². The molecule has 1 amide bonds. The lowest BCUT2D eigenvalue weighted by Gasteiger charge is -2.22. The van der Waals surface area contributed by atoms with Crippen molar-refractivity contribution in [3.63, 3.8) is 0 Å². The number of nitrogens with zero attached hydrogens (tertiary/aromatic N) is 1. The molecule has 1 unspecified atom stereocenters. The first-order valence-corrected chi connectivity index (χ1v) is 7.24. The van der Waals surface area contributed by atoms with Gasteiger partial charge in [-0.15, -0.1) is 0 Å². The number of rotatable bonds is 4. The molecule has 1 atom stereocenters. The van der Waals surface area contributed by atoms with Gasteiger partial charge in [0.25, 0.3) is 0 Å². The van der Waals surface area contributed by atoms with Gasteiger partial charge in [-0.25, -0.2) is 0 Å². The number of ether oxygens (including phenoxy) is 1. The summed E-state index contributed by atoms with van der Waals surface area (Å²) in [6, 6.07) is 5.97. The summed E-state index contributed by atoms with van der Waals surface area (Å²) in [6.07, 6.45) is 2.77. The molecule has 0 spiro atoms. The van der Waals surface area contributed by atoms with E-state index in [1.54, 1.807) is 19.1 Å². The molecule has 0 saturated carbocycles. The molecule has 1 aromatic rings. The molecule has 4 nitrogen and oxygen atoms in total. The standard InChI is InChI=1S/C14H19BrN2O2/c1-17(14(18)9-11-4-3-7-16-11)12-8-10(15)5-6-13(12)19-2/h5-6,8,11,16H,3-4,7,9H2,1-2H3. The van der Waals surface area contributed by atoms with Gasteiger partial charge in [0, 0.05) is 24.0 Å². The number of nitrogens with one attached hydrogen (secondary N) is 1. The van der Waals surface area contributed by atoms with Crippen LogP contribution in [0.5, 0.6) is 5.75 Å². The number of carbonyl (C=O) groups is 1. The van der Waals surface area contributed by atoms with Gasteiger partial charge in [-0.3, -0.25) is 4.79 Å². The predicted octanol–water partition coefficient (Wildman–Crippen LogP) is 2.56. The number of anilines is 1. The van der Waals surface area contributed by atoms with Crippen molar-refractivity contribution in [2.75, 3.05) is 25.6 Å².